The molecule has 1 fully saturated rings. The zero-order chi connectivity index (χ0) is 24.6. The Bertz CT molecular complexity index is 1110. The van der Waals surface area contributed by atoms with Gasteiger partial charge < -0.3 is 15.4 Å². The summed E-state index contributed by atoms with van der Waals surface area (Å²) in [4.78, 5) is 36.2. The summed E-state index contributed by atoms with van der Waals surface area (Å²) < 4.78 is 32.7. The quantitative estimate of drug-likeness (QED) is 0.524. The van der Waals surface area contributed by atoms with Gasteiger partial charge in [-0.1, -0.05) is 49.6 Å². The number of anilines is 1. The van der Waals surface area contributed by atoms with Crippen LogP contribution in [0, 0.1) is 0 Å². The highest BCUT2D eigenvalue weighted by Crippen LogP contribution is 2.29. The van der Waals surface area contributed by atoms with Crippen molar-refractivity contribution < 1.29 is 27.5 Å². The highest BCUT2D eigenvalue weighted by atomic mass is 32.2. The van der Waals surface area contributed by atoms with Crippen LogP contribution in [-0.2, 0) is 24.3 Å². The molecule has 0 unspecified atom stereocenters. The van der Waals surface area contributed by atoms with Crippen LogP contribution in [0.1, 0.15) is 42.5 Å². The van der Waals surface area contributed by atoms with Crippen molar-refractivity contribution in [2.75, 3.05) is 25.5 Å². The van der Waals surface area contributed by atoms with Gasteiger partial charge in [-0.05, 0) is 37.1 Å². The molecular formula is C24H29N3O6S. The summed E-state index contributed by atoms with van der Waals surface area (Å²) in [6, 6.07) is 14.4. The maximum atomic E-state index is 13.2. The van der Waals surface area contributed by atoms with E-state index in [4.69, 9.17) is 4.74 Å². The van der Waals surface area contributed by atoms with E-state index in [0.717, 1.165) is 32.1 Å². The van der Waals surface area contributed by atoms with Gasteiger partial charge in [-0.2, -0.15) is 4.31 Å². The SMILES string of the molecule is CN(C1CCCCC1)S(=O)(=O)c1ccccc1NC(=O)COC(=O)CNC(=O)c1ccccc1. The van der Waals surface area contributed by atoms with Gasteiger partial charge in [-0.25, -0.2) is 8.42 Å². The average molecular weight is 488 g/mol. The van der Waals surface area contributed by atoms with Crippen molar-refractivity contribution in [3.05, 3.63) is 60.2 Å². The van der Waals surface area contributed by atoms with Gasteiger partial charge in [-0.3, -0.25) is 14.4 Å². The molecule has 0 aliphatic heterocycles. The standard InChI is InChI=1S/C24H29N3O6S/c1-27(19-12-6-3-7-13-19)34(31,32)21-15-9-8-14-20(21)26-22(28)17-33-23(29)16-25-24(30)18-10-4-2-5-11-18/h2,4-5,8-11,14-15,19H,3,6-7,12-13,16-17H2,1H3,(H,25,30)(H,26,28). The van der Waals surface area contributed by atoms with Gasteiger partial charge in [0.2, 0.25) is 10.0 Å². The first kappa shape index (κ1) is 25.4. The van der Waals surface area contributed by atoms with Crippen molar-refractivity contribution in [2.24, 2.45) is 0 Å². The first-order chi connectivity index (χ1) is 16.3. The third-order valence-corrected chi connectivity index (χ3v) is 7.67. The van der Waals surface area contributed by atoms with Crippen LogP contribution in [-0.4, -0.2) is 56.7 Å². The van der Waals surface area contributed by atoms with E-state index in [9.17, 15) is 22.8 Å². The number of amides is 2. The molecule has 0 saturated heterocycles. The second-order valence-corrected chi connectivity index (χ2v) is 10.0. The number of hydrogen-bond donors (Lipinski definition) is 2. The molecule has 0 heterocycles. The monoisotopic (exact) mass is 487 g/mol. The Kier molecular flexibility index (Phi) is 8.78. The number of nitrogens with one attached hydrogen (secondary N) is 2. The molecule has 0 bridgehead atoms. The second-order valence-electron chi connectivity index (χ2n) is 8.07. The number of carbonyl (C=O) groups is 3. The molecule has 0 radical (unpaired) electrons. The predicted octanol–water partition coefficient (Wildman–Crippen LogP) is 2.55. The van der Waals surface area contributed by atoms with Gasteiger partial charge >= 0.3 is 5.97 Å². The van der Waals surface area contributed by atoms with Gasteiger partial charge in [0, 0.05) is 18.7 Å². The summed E-state index contributed by atoms with van der Waals surface area (Å²) in [6.07, 6.45) is 4.69. The smallest absolute Gasteiger partial charge is 0.325 e. The van der Waals surface area contributed by atoms with Crippen LogP contribution in [0.4, 0.5) is 5.69 Å². The maximum absolute atomic E-state index is 13.2. The number of carbonyl (C=O) groups excluding carboxylic acids is 3. The first-order valence-electron chi connectivity index (χ1n) is 11.1. The third kappa shape index (κ3) is 6.64. The van der Waals surface area contributed by atoms with Crippen molar-refractivity contribution in [3.8, 4) is 0 Å². The Morgan fingerprint density at radius 3 is 2.32 bits per heavy atom. The number of nitrogens with zero attached hydrogens (tertiary/aromatic N) is 1. The lowest BCUT2D eigenvalue weighted by atomic mass is 9.96. The van der Waals surface area contributed by atoms with Gasteiger partial charge in [0.25, 0.3) is 11.8 Å². The van der Waals surface area contributed by atoms with Crippen molar-refractivity contribution in [1.82, 2.24) is 9.62 Å². The van der Waals surface area contributed by atoms with Crippen molar-refractivity contribution in [2.45, 2.75) is 43.0 Å². The molecule has 9 nitrogen and oxygen atoms in total. The van der Waals surface area contributed by atoms with E-state index < -0.39 is 41.0 Å². The molecule has 10 heteroatoms. The Morgan fingerprint density at radius 1 is 0.971 bits per heavy atom. The minimum absolute atomic E-state index is 0.0159. The first-order valence-corrected chi connectivity index (χ1v) is 12.6. The molecule has 2 aromatic rings. The molecule has 34 heavy (non-hydrogen) atoms. The number of hydrogen-bond acceptors (Lipinski definition) is 6. The summed E-state index contributed by atoms with van der Waals surface area (Å²) in [6.45, 7) is -1.02. The molecule has 1 saturated carbocycles. The molecule has 2 amide bonds. The van der Waals surface area contributed by atoms with Crippen LogP contribution in [0.2, 0.25) is 0 Å². The average Bonchev–Trinajstić information content (AvgIpc) is 2.86. The fourth-order valence-corrected chi connectivity index (χ4v) is 5.38. The molecular weight excluding hydrogens is 458 g/mol. The fourth-order valence-electron chi connectivity index (χ4n) is 3.82. The largest absolute Gasteiger partial charge is 0.454 e. The number of ether oxygens (including phenoxy) is 1. The maximum Gasteiger partial charge on any atom is 0.325 e. The van der Waals surface area contributed by atoms with E-state index in [1.54, 1.807) is 49.5 Å². The number of esters is 1. The number of rotatable bonds is 9. The Morgan fingerprint density at radius 2 is 1.62 bits per heavy atom. The molecule has 0 atom stereocenters. The van der Waals surface area contributed by atoms with E-state index in [0.29, 0.717) is 5.56 Å². The minimum Gasteiger partial charge on any atom is -0.454 e. The fraction of sp³-hybridized carbons (Fsp3) is 0.375. The highest BCUT2D eigenvalue weighted by Gasteiger charge is 2.31. The van der Waals surface area contributed by atoms with E-state index in [-0.39, 0.29) is 16.6 Å². The molecule has 0 aromatic heterocycles. The third-order valence-electron chi connectivity index (χ3n) is 5.70. The molecule has 0 spiro atoms. The lowest BCUT2D eigenvalue weighted by Gasteiger charge is -2.30. The van der Waals surface area contributed by atoms with Gasteiger partial charge in [0.1, 0.15) is 11.4 Å². The summed E-state index contributed by atoms with van der Waals surface area (Å²) in [5, 5.41) is 4.93. The van der Waals surface area contributed by atoms with E-state index >= 15 is 0 Å². The highest BCUT2D eigenvalue weighted by molar-refractivity contribution is 7.89. The number of benzene rings is 2. The topological polar surface area (TPSA) is 122 Å². The summed E-state index contributed by atoms with van der Waals surface area (Å²) in [5.41, 5.74) is 0.507. The number of para-hydroxylation sites is 1. The van der Waals surface area contributed by atoms with Crippen LogP contribution >= 0.6 is 0 Å². The van der Waals surface area contributed by atoms with Crippen LogP contribution in [0.15, 0.2) is 59.5 Å². The lowest BCUT2D eigenvalue weighted by molar-refractivity contribution is -0.146. The number of sulfonamides is 1. The second kappa shape index (κ2) is 11.8. The van der Waals surface area contributed by atoms with Gasteiger partial charge in [0.05, 0.1) is 5.69 Å². The van der Waals surface area contributed by atoms with Crippen LogP contribution in [0.3, 0.4) is 0 Å². The van der Waals surface area contributed by atoms with Gasteiger partial charge in [-0.15, -0.1) is 0 Å². The molecule has 2 aromatic carbocycles. The zero-order valence-electron chi connectivity index (χ0n) is 19.0. The van der Waals surface area contributed by atoms with Crippen molar-refractivity contribution >= 4 is 33.5 Å². The van der Waals surface area contributed by atoms with Gasteiger partial charge in [0.15, 0.2) is 6.61 Å². The zero-order valence-corrected chi connectivity index (χ0v) is 19.8. The van der Waals surface area contributed by atoms with Crippen molar-refractivity contribution in [3.63, 3.8) is 0 Å². The Labute approximate surface area is 199 Å². The summed E-state index contributed by atoms with van der Waals surface area (Å²) >= 11 is 0. The molecule has 182 valence electrons. The predicted molar refractivity (Wildman–Crippen MR) is 127 cm³/mol. The van der Waals surface area contributed by atoms with E-state index in [2.05, 4.69) is 10.6 Å². The molecule has 1 aliphatic rings. The van der Waals surface area contributed by atoms with E-state index in [1.165, 1.54) is 16.4 Å². The Balaban J connectivity index is 1.55. The molecule has 2 N–H and O–H groups in total. The molecule has 1 aliphatic carbocycles. The Hall–Kier alpha value is -3.24. The summed E-state index contributed by atoms with van der Waals surface area (Å²) in [5.74, 6) is -1.92. The normalized spacial score (nSPS) is 14.4. The van der Waals surface area contributed by atoms with Crippen LogP contribution < -0.4 is 10.6 Å². The van der Waals surface area contributed by atoms with Crippen LogP contribution in [0.5, 0.6) is 0 Å². The lowest BCUT2D eigenvalue weighted by Crippen LogP contribution is -2.38. The van der Waals surface area contributed by atoms with Crippen LogP contribution in [0.25, 0.3) is 0 Å². The minimum atomic E-state index is -3.83. The van der Waals surface area contributed by atoms with E-state index in [1.807, 2.05) is 0 Å². The van der Waals surface area contributed by atoms with Crippen molar-refractivity contribution in [1.29, 1.82) is 0 Å². The summed E-state index contributed by atoms with van der Waals surface area (Å²) in [7, 11) is -2.26. The molecule has 3 rings (SSSR count).